The number of hydrogen-bond donors (Lipinski definition) is 3. The molecule has 0 aliphatic rings. The summed E-state index contributed by atoms with van der Waals surface area (Å²) in [4.78, 5) is 30.0. The first-order valence-electron chi connectivity index (χ1n) is 6.59. The van der Waals surface area contributed by atoms with Crippen LogP contribution in [0.4, 0.5) is 4.79 Å². The topological polar surface area (TPSA) is 104 Å². The number of nitrogens with one attached hydrogen (secondary N) is 2. The number of aliphatic carboxylic acids is 1. The molecule has 20 heavy (non-hydrogen) atoms. The zero-order valence-electron chi connectivity index (χ0n) is 11.6. The first-order valence-corrected chi connectivity index (χ1v) is 6.59. The molecule has 0 aliphatic heterocycles. The van der Waals surface area contributed by atoms with Crippen LogP contribution in [0.1, 0.15) is 37.1 Å². The van der Waals surface area contributed by atoms with Gasteiger partial charge in [-0.1, -0.05) is 6.42 Å². The molecule has 0 radical (unpaired) electrons. The van der Waals surface area contributed by atoms with Gasteiger partial charge in [-0.05, 0) is 19.8 Å². The van der Waals surface area contributed by atoms with E-state index in [2.05, 4.69) is 20.6 Å². The van der Waals surface area contributed by atoms with Crippen LogP contribution >= 0.6 is 0 Å². The fraction of sp³-hybridized carbons (Fsp3) is 0.538. The summed E-state index contributed by atoms with van der Waals surface area (Å²) in [7, 11) is 0. The minimum atomic E-state index is -0.782. The standard InChI is InChI=1S/C13H20N4O3/c1-10-7-16-11(8-15-10)9-17-13(20)14-6-4-2-3-5-12(18)19/h7-8H,2-6,9H2,1H3,(H,18,19)(H2,14,17,20). The van der Waals surface area contributed by atoms with Gasteiger partial charge in [0.25, 0.3) is 0 Å². The summed E-state index contributed by atoms with van der Waals surface area (Å²) in [6.45, 7) is 2.71. The third-order valence-corrected chi connectivity index (χ3v) is 2.62. The molecule has 1 heterocycles. The highest BCUT2D eigenvalue weighted by Crippen LogP contribution is 1.98. The van der Waals surface area contributed by atoms with E-state index < -0.39 is 5.97 Å². The maximum atomic E-state index is 11.5. The van der Waals surface area contributed by atoms with Gasteiger partial charge in [0.05, 0.1) is 24.1 Å². The fourth-order valence-electron chi connectivity index (χ4n) is 1.52. The molecule has 1 aromatic heterocycles. The van der Waals surface area contributed by atoms with E-state index in [1.165, 1.54) is 0 Å². The summed E-state index contributed by atoms with van der Waals surface area (Å²) in [6.07, 6.45) is 5.65. The minimum absolute atomic E-state index is 0.179. The lowest BCUT2D eigenvalue weighted by atomic mass is 10.2. The molecule has 2 amide bonds. The van der Waals surface area contributed by atoms with E-state index in [1.807, 2.05) is 6.92 Å². The van der Waals surface area contributed by atoms with Crippen molar-refractivity contribution in [3.8, 4) is 0 Å². The number of carbonyl (C=O) groups excluding carboxylic acids is 1. The van der Waals surface area contributed by atoms with Crippen molar-refractivity contribution >= 4 is 12.0 Å². The molecular weight excluding hydrogens is 260 g/mol. The molecule has 0 fully saturated rings. The fourth-order valence-corrected chi connectivity index (χ4v) is 1.52. The van der Waals surface area contributed by atoms with Gasteiger partial charge in [-0.3, -0.25) is 14.8 Å². The Kier molecular flexibility index (Phi) is 7.02. The molecule has 0 saturated heterocycles. The lowest BCUT2D eigenvalue weighted by Gasteiger charge is -2.07. The largest absolute Gasteiger partial charge is 0.481 e. The molecule has 0 aliphatic carbocycles. The van der Waals surface area contributed by atoms with Crippen LogP contribution < -0.4 is 10.6 Å². The van der Waals surface area contributed by atoms with Gasteiger partial charge in [0.15, 0.2) is 0 Å². The van der Waals surface area contributed by atoms with E-state index in [-0.39, 0.29) is 12.5 Å². The van der Waals surface area contributed by atoms with Crippen LogP contribution in [0.15, 0.2) is 12.4 Å². The molecule has 0 unspecified atom stereocenters. The maximum Gasteiger partial charge on any atom is 0.315 e. The van der Waals surface area contributed by atoms with Gasteiger partial charge in [-0.2, -0.15) is 0 Å². The number of aryl methyl sites for hydroxylation is 1. The lowest BCUT2D eigenvalue weighted by Crippen LogP contribution is -2.35. The van der Waals surface area contributed by atoms with Gasteiger partial charge >= 0.3 is 12.0 Å². The minimum Gasteiger partial charge on any atom is -0.481 e. The third-order valence-electron chi connectivity index (χ3n) is 2.62. The van der Waals surface area contributed by atoms with Crippen molar-refractivity contribution in [1.82, 2.24) is 20.6 Å². The summed E-state index contributed by atoms with van der Waals surface area (Å²) in [5.41, 5.74) is 1.53. The second-order valence-corrected chi connectivity index (χ2v) is 4.46. The third kappa shape index (κ3) is 7.30. The maximum absolute atomic E-state index is 11.5. The summed E-state index contributed by atoms with van der Waals surface area (Å²) in [6, 6.07) is -0.259. The summed E-state index contributed by atoms with van der Waals surface area (Å²) < 4.78 is 0. The van der Waals surface area contributed by atoms with Crippen molar-refractivity contribution < 1.29 is 14.7 Å². The Hall–Kier alpha value is -2.18. The number of amides is 2. The van der Waals surface area contributed by atoms with Crippen LogP contribution in [0.5, 0.6) is 0 Å². The number of aromatic nitrogens is 2. The van der Waals surface area contributed by atoms with Gasteiger partial charge in [0, 0.05) is 19.2 Å². The number of carboxylic acid groups (broad SMARTS) is 1. The van der Waals surface area contributed by atoms with E-state index in [0.29, 0.717) is 25.2 Å². The number of nitrogens with zero attached hydrogens (tertiary/aromatic N) is 2. The highest BCUT2D eigenvalue weighted by atomic mass is 16.4. The summed E-state index contributed by atoms with van der Waals surface area (Å²) in [5, 5.41) is 13.9. The predicted octanol–water partition coefficient (Wildman–Crippen LogP) is 1.23. The van der Waals surface area contributed by atoms with Crippen LogP contribution in [0, 0.1) is 6.92 Å². The molecule has 7 nitrogen and oxygen atoms in total. The molecule has 7 heteroatoms. The normalized spacial score (nSPS) is 10.1. The highest BCUT2D eigenvalue weighted by molar-refractivity contribution is 5.73. The van der Waals surface area contributed by atoms with Crippen molar-refractivity contribution in [1.29, 1.82) is 0 Å². The zero-order chi connectivity index (χ0) is 14.8. The van der Waals surface area contributed by atoms with Crippen LogP contribution in [0.3, 0.4) is 0 Å². The van der Waals surface area contributed by atoms with Crippen molar-refractivity contribution in [3.05, 3.63) is 23.8 Å². The molecule has 0 aromatic carbocycles. The highest BCUT2D eigenvalue weighted by Gasteiger charge is 2.01. The molecule has 0 bridgehead atoms. The van der Waals surface area contributed by atoms with E-state index in [9.17, 15) is 9.59 Å². The molecule has 110 valence electrons. The van der Waals surface area contributed by atoms with Crippen molar-refractivity contribution in [2.45, 2.75) is 39.2 Å². The Morgan fingerprint density at radius 2 is 1.95 bits per heavy atom. The average molecular weight is 280 g/mol. The molecule has 1 aromatic rings. The van der Waals surface area contributed by atoms with Crippen LogP contribution in [-0.2, 0) is 11.3 Å². The monoisotopic (exact) mass is 280 g/mol. The molecule has 0 atom stereocenters. The number of hydrogen-bond acceptors (Lipinski definition) is 4. The Balaban J connectivity index is 2.06. The number of carbonyl (C=O) groups is 2. The second-order valence-electron chi connectivity index (χ2n) is 4.46. The molecule has 0 spiro atoms. The van der Waals surface area contributed by atoms with Crippen LogP contribution in [-0.4, -0.2) is 33.6 Å². The van der Waals surface area contributed by atoms with E-state index in [4.69, 9.17) is 5.11 Å². The number of carboxylic acids is 1. The SMILES string of the molecule is Cc1cnc(CNC(=O)NCCCCCC(=O)O)cn1. The zero-order valence-corrected chi connectivity index (χ0v) is 11.6. The predicted molar refractivity (Wildman–Crippen MR) is 73.1 cm³/mol. The Labute approximate surface area is 117 Å². The molecule has 1 rings (SSSR count). The van der Waals surface area contributed by atoms with Crippen molar-refractivity contribution in [3.63, 3.8) is 0 Å². The van der Waals surface area contributed by atoms with E-state index in [1.54, 1.807) is 12.4 Å². The van der Waals surface area contributed by atoms with Crippen LogP contribution in [0.2, 0.25) is 0 Å². The van der Waals surface area contributed by atoms with Gasteiger partial charge in [-0.25, -0.2) is 4.79 Å². The summed E-state index contributed by atoms with van der Waals surface area (Å²) >= 11 is 0. The number of urea groups is 1. The van der Waals surface area contributed by atoms with Gasteiger partial charge in [0.1, 0.15) is 0 Å². The lowest BCUT2D eigenvalue weighted by molar-refractivity contribution is -0.137. The Bertz CT molecular complexity index is 434. The molecular formula is C13H20N4O3. The molecule has 0 saturated carbocycles. The van der Waals surface area contributed by atoms with E-state index in [0.717, 1.165) is 18.5 Å². The second kappa shape index (κ2) is 8.84. The first-order chi connectivity index (χ1) is 9.58. The number of unbranched alkanes of at least 4 members (excludes halogenated alkanes) is 2. The van der Waals surface area contributed by atoms with Crippen LogP contribution in [0.25, 0.3) is 0 Å². The first kappa shape index (κ1) is 15.9. The molecule has 3 N–H and O–H groups in total. The summed E-state index contributed by atoms with van der Waals surface area (Å²) in [5.74, 6) is -0.782. The average Bonchev–Trinajstić information content (AvgIpc) is 2.41. The quantitative estimate of drug-likeness (QED) is 0.621. The van der Waals surface area contributed by atoms with E-state index >= 15 is 0 Å². The van der Waals surface area contributed by atoms with Crippen molar-refractivity contribution in [2.24, 2.45) is 0 Å². The number of rotatable bonds is 8. The van der Waals surface area contributed by atoms with Gasteiger partial charge < -0.3 is 15.7 Å². The Morgan fingerprint density at radius 3 is 2.60 bits per heavy atom. The Morgan fingerprint density at radius 1 is 1.15 bits per heavy atom. The van der Waals surface area contributed by atoms with Gasteiger partial charge in [-0.15, -0.1) is 0 Å². The van der Waals surface area contributed by atoms with Gasteiger partial charge in [0.2, 0.25) is 0 Å². The van der Waals surface area contributed by atoms with Crippen molar-refractivity contribution in [2.75, 3.05) is 6.54 Å². The smallest absolute Gasteiger partial charge is 0.315 e.